The van der Waals surface area contributed by atoms with Gasteiger partial charge in [0.15, 0.2) is 0 Å². The molecule has 2 aromatic heterocycles. The third-order valence-corrected chi connectivity index (χ3v) is 3.05. The predicted octanol–water partition coefficient (Wildman–Crippen LogP) is 1.55. The molecule has 0 fully saturated rings. The van der Waals surface area contributed by atoms with Crippen molar-refractivity contribution in [3.63, 3.8) is 0 Å². The van der Waals surface area contributed by atoms with Gasteiger partial charge in [-0.2, -0.15) is 0 Å². The Labute approximate surface area is 104 Å². The SMILES string of the molecule is COC(=O)C(=O)c1c(C)nc2c(ccn2C)c1C. The molecule has 0 bridgehead atoms. The Hall–Kier alpha value is -2.17. The monoisotopic (exact) mass is 246 g/mol. The van der Waals surface area contributed by atoms with E-state index in [-0.39, 0.29) is 0 Å². The maximum atomic E-state index is 11.9. The summed E-state index contributed by atoms with van der Waals surface area (Å²) in [4.78, 5) is 27.7. The average Bonchev–Trinajstić information content (AvgIpc) is 2.70. The molecule has 0 spiro atoms. The number of carbonyl (C=O) groups excluding carboxylic acids is 2. The zero-order valence-corrected chi connectivity index (χ0v) is 10.8. The lowest BCUT2D eigenvalue weighted by Crippen LogP contribution is -2.19. The van der Waals surface area contributed by atoms with Gasteiger partial charge in [0.2, 0.25) is 0 Å². The Morgan fingerprint density at radius 1 is 1.33 bits per heavy atom. The Morgan fingerprint density at radius 2 is 2.00 bits per heavy atom. The van der Waals surface area contributed by atoms with Gasteiger partial charge in [0.05, 0.1) is 18.4 Å². The van der Waals surface area contributed by atoms with E-state index in [1.54, 1.807) is 6.92 Å². The highest BCUT2D eigenvalue weighted by Gasteiger charge is 2.23. The highest BCUT2D eigenvalue weighted by molar-refractivity contribution is 6.41. The van der Waals surface area contributed by atoms with E-state index >= 15 is 0 Å². The van der Waals surface area contributed by atoms with Crippen LogP contribution in [0, 0.1) is 13.8 Å². The first kappa shape index (κ1) is 12.3. The number of hydrogen-bond donors (Lipinski definition) is 0. The molecule has 0 amide bonds. The average molecular weight is 246 g/mol. The second kappa shape index (κ2) is 4.25. The topological polar surface area (TPSA) is 61.2 Å². The zero-order chi connectivity index (χ0) is 13.4. The Kier molecular flexibility index (Phi) is 2.90. The van der Waals surface area contributed by atoms with Gasteiger partial charge in [-0.25, -0.2) is 9.78 Å². The first-order valence-electron chi connectivity index (χ1n) is 5.52. The molecule has 0 radical (unpaired) electrons. The Balaban J connectivity index is 2.72. The molecule has 0 aliphatic rings. The van der Waals surface area contributed by atoms with Crippen LogP contribution in [0.1, 0.15) is 21.6 Å². The predicted molar refractivity (Wildman–Crippen MR) is 66.5 cm³/mol. The van der Waals surface area contributed by atoms with Crippen molar-refractivity contribution in [3.05, 3.63) is 29.1 Å². The normalized spacial score (nSPS) is 10.7. The number of fused-ring (bicyclic) bond motifs is 1. The molecule has 0 saturated heterocycles. The standard InChI is InChI=1S/C13H14N2O3/c1-7-9-5-6-15(3)12(9)14-8(2)10(7)11(16)13(17)18-4/h5-6H,1-4H3. The van der Waals surface area contributed by atoms with Gasteiger partial charge in [0.1, 0.15) is 5.65 Å². The molecule has 18 heavy (non-hydrogen) atoms. The molecule has 0 saturated carbocycles. The van der Waals surface area contributed by atoms with Crippen molar-refractivity contribution in [2.24, 2.45) is 7.05 Å². The quantitative estimate of drug-likeness (QED) is 0.458. The molecule has 0 N–H and O–H groups in total. The van der Waals surface area contributed by atoms with Crippen LogP contribution in [0.5, 0.6) is 0 Å². The van der Waals surface area contributed by atoms with Gasteiger partial charge >= 0.3 is 5.97 Å². The number of pyridine rings is 1. The van der Waals surface area contributed by atoms with E-state index in [0.29, 0.717) is 11.3 Å². The van der Waals surface area contributed by atoms with E-state index in [2.05, 4.69) is 9.72 Å². The number of ketones is 1. The van der Waals surface area contributed by atoms with Gasteiger partial charge in [-0.05, 0) is 25.5 Å². The van der Waals surface area contributed by atoms with Gasteiger partial charge in [0, 0.05) is 18.6 Å². The number of hydrogen-bond acceptors (Lipinski definition) is 4. The Bertz CT molecular complexity index is 656. The van der Waals surface area contributed by atoms with Crippen molar-refractivity contribution in [2.45, 2.75) is 13.8 Å². The van der Waals surface area contributed by atoms with E-state index in [4.69, 9.17) is 0 Å². The van der Waals surface area contributed by atoms with E-state index in [1.807, 2.05) is 30.8 Å². The number of aromatic nitrogens is 2. The summed E-state index contributed by atoms with van der Waals surface area (Å²) < 4.78 is 6.35. The van der Waals surface area contributed by atoms with Crippen LogP contribution < -0.4 is 0 Å². The van der Waals surface area contributed by atoms with Crippen molar-refractivity contribution in [3.8, 4) is 0 Å². The summed E-state index contributed by atoms with van der Waals surface area (Å²) in [5.41, 5.74) is 2.43. The number of aryl methyl sites for hydroxylation is 3. The van der Waals surface area contributed by atoms with Crippen molar-refractivity contribution in [1.29, 1.82) is 0 Å². The van der Waals surface area contributed by atoms with E-state index in [1.165, 1.54) is 7.11 Å². The molecule has 2 heterocycles. The lowest BCUT2D eigenvalue weighted by atomic mass is 10.0. The van der Waals surface area contributed by atoms with E-state index in [9.17, 15) is 9.59 Å². The van der Waals surface area contributed by atoms with Crippen LogP contribution in [0.4, 0.5) is 0 Å². The maximum absolute atomic E-state index is 11.9. The summed E-state index contributed by atoms with van der Waals surface area (Å²) in [6.45, 7) is 3.53. The number of esters is 1. The second-order valence-electron chi connectivity index (χ2n) is 4.18. The number of Topliss-reactive ketones (excluding diaryl/α,β-unsaturated/α-hetero) is 1. The fraction of sp³-hybridized carbons (Fsp3) is 0.308. The van der Waals surface area contributed by atoms with Gasteiger partial charge in [-0.1, -0.05) is 0 Å². The lowest BCUT2D eigenvalue weighted by molar-refractivity contribution is -0.135. The van der Waals surface area contributed by atoms with Crippen LogP contribution in [0.25, 0.3) is 11.0 Å². The first-order chi connectivity index (χ1) is 8.47. The van der Waals surface area contributed by atoms with Gasteiger partial charge < -0.3 is 9.30 Å². The summed E-state index contributed by atoms with van der Waals surface area (Å²) >= 11 is 0. The molecule has 94 valence electrons. The van der Waals surface area contributed by atoms with Crippen molar-refractivity contribution in [2.75, 3.05) is 7.11 Å². The fourth-order valence-corrected chi connectivity index (χ4v) is 2.10. The molecule has 5 nitrogen and oxygen atoms in total. The number of rotatable bonds is 2. The summed E-state index contributed by atoms with van der Waals surface area (Å²) in [5.74, 6) is -1.51. The van der Waals surface area contributed by atoms with Crippen LogP contribution >= 0.6 is 0 Å². The van der Waals surface area contributed by atoms with Crippen LogP contribution in [-0.2, 0) is 16.6 Å². The van der Waals surface area contributed by atoms with Gasteiger partial charge in [-0.3, -0.25) is 4.79 Å². The molecule has 5 heteroatoms. The number of methoxy groups -OCH3 is 1. The summed E-state index contributed by atoms with van der Waals surface area (Å²) in [6.07, 6.45) is 1.87. The minimum atomic E-state index is -0.863. The minimum absolute atomic E-state index is 0.334. The van der Waals surface area contributed by atoms with E-state index < -0.39 is 11.8 Å². The van der Waals surface area contributed by atoms with E-state index in [0.717, 1.165) is 16.6 Å². The molecule has 0 atom stereocenters. The molecule has 0 aliphatic heterocycles. The largest absolute Gasteiger partial charge is 0.463 e. The third-order valence-electron chi connectivity index (χ3n) is 3.05. The number of nitrogens with zero attached hydrogens (tertiary/aromatic N) is 2. The van der Waals surface area contributed by atoms with Crippen LogP contribution in [0.2, 0.25) is 0 Å². The first-order valence-corrected chi connectivity index (χ1v) is 5.52. The van der Waals surface area contributed by atoms with Gasteiger partial charge in [0.25, 0.3) is 5.78 Å². The second-order valence-corrected chi connectivity index (χ2v) is 4.18. The van der Waals surface area contributed by atoms with Crippen molar-refractivity contribution >= 4 is 22.8 Å². The third kappa shape index (κ3) is 1.68. The van der Waals surface area contributed by atoms with Crippen LogP contribution in [0.3, 0.4) is 0 Å². The highest BCUT2D eigenvalue weighted by atomic mass is 16.5. The maximum Gasteiger partial charge on any atom is 0.379 e. The summed E-state index contributed by atoms with van der Waals surface area (Å²) in [6, 6.07) is 1.88. The molecule has 0 aliphatic carbocycles. The van der Waals surface area contributed by atoms with Crippen molar-refractivity contribution < 1.29 is 14.3 Å². The minimum Gasteiger partial charge on any atom is -0.463 e. The number of carbonyl (C=O) groups is 2. The fourth-order valence-electron chi connectivity index (χ4n) is 2.10. The van der Waals surface area contributed by atoms with Crippen LogP contribution in [-0.4, -0.2) is 28.4 Å². The lowest BCUT2D eigenvalue weighted by Gasteiger charge is -2.09. The van der Waals surface area contributed by atoms with Gasteiger partial charge in [-0.15, -0.1) is 0 Å². The summed E-state index contributed by atoms with van der Waals surface area (Å²) in [5, 5.41) is 0.871. The zero-order valence-electron chi connectivity index (χ0n) is 10.8. The smallest absolute Gasteiger partial charge is 0.379 e. The molecule has 2 rings (SSSR count). The molecular formula is C13H14N2O3. The molecule has 0 unspecified atom stereocenters. The number of ether oxygens (including phenoxy) is 1. The Morgan fingerprint density at radius 3 is 2.61 bits per heavy atom. The van der Waals surface area contributed by atoms with Crippen LogP contribution in [0.15, 0.2) is 12.3 Å². The summed E-state index contributed by atoms with van der Waals surface area (Å²) in [7, 11) is 3.08. The molecule has 2 aromatic rings. The van der Waals surface area contributed by atoms with Crippen molar-refractivity contribution in [1.82, 2.24) is 9.55 Å². The highest BCUT2D eigenvalue weighted by Crippen LogP contribution is 2.23. The molecule has 0 aromatic carbocycles. The molecular weight excluding hydrogens is 232 g/mol.